The first-order valence-corrected chi connectivity index (χ1v) is 9.83. The predicted octanol–water partition coefficient (Wildman–Crippen LogP) is 3.88. The summed E-state index contributed by atoms with van der Waals surface area (Å²) < 4.78 is 24.6. The summed E-state index contributed by atoms with van der Waals surface area (Å²) >= 11 is 0. The highest BCUT2D eigenvalue weighted by atomic mass is 32.2. The average Bonchev–Trinajstić information content (AvgIpc) is 2.59. The second kappa shape index (κ2) is 7.74. The number of ketones is 2. The third kappa shape index (κ3) is 4.86. The van der Waals surface area contributed by atoms with E-state index in [1.54, 1.807) is 48.5 Å². The fraction of sp³-hybridized carbons (Fsp3) is 0.300. The van der Waals surface area contributed by atoms with Gasteiger partial charge in [0.25, 0.3) is 0 Å². The number of rotatable bonds is 7. The zero-order valence-electron chi connectivity index (χ0n) is 14.7. The minimum atomic E-state index is -3.49. The predicted molar refractivity (Wildman–Crippen MR) is 97.8 cm³/mol. The van der Waals surface area contributed by atoms with Crippen LogP contribution in [0.15, 0.2) is 53.4 Å². The van der Waals surface area contributed by atoms with Crippen molar-refractivity contribution in [2.24, 2.45) is 5.92 Å². The fourth-order valence-electron chi connectivity index (χ4n) is 2.39. The van der Waals surface area contributed by atoms with E-state index in [-0.39, 0.29) is 34.6 Å². The van der Waals surface area contributed by atoms with Crippen molar-refractivity contribution in [1.29, 1.82) is 0 Å². The summed E-state index contributed by atoms with van der Waals surface area (Å²) in [5.74, 6) is -0.580. The summed E-state index contributed by atoms with van der Waals surface area (Å²) in [6.45, 7) is 5.52. The first kappa shape index (κ1) is 19.1. The normalized spacial score (nSPS) is 11.5. The molecule has 2 aromatic rings. The zero-order valence-corrected chi connectivity index (χ0v) is 15.5. The van der Waals surface area contributed by atoms with Gasteiger partial charge in [0.1, 0.15) is 0 Å². The summed E-state index contributed by atoms with van der Waals surface area (Å²) in [6, 6.07) is 13.0. The lowest BCUT2D eigenvalue weighted by Crippen LogP contribution is -2.12. The molecular weight excluding hydrogens is 336 g/mol. The van der Waals surface area contributed by atoms with E-state index in [0.717, 1.165) is 5.56 Å². The van der Waals surface area contributed by atoms with Crippen molar-refractivity contribution in [3.05, 3.63) is 65.2 Å². The molecule has 0 spiro atoms. The highest BCUT2D eigenvalue weighted by Gasteiger charge is 2.17. The van der Waals surface area contributed by atoms with Gasteiger partial charge in [-0.2, -0.15) is 0 Å². The Kier molecular flexibility index (Phi) is 5.90. The highest BCUT2D eigenvalue weighted by Crippen LogP contribution is 2.16. The lowest BCUT2D eigenvalue weighted by molar-refractivity contribution is 0.0937. The fourth-order valence-corrected chi connectivity index (χ4v) is 3.63. The van der Waals surface area contributed by atoms with Crippen LogP contribution in [-0.4, -0.2) is 25.7 Å². The molecule has 0 radical (unpaired) electrons. The van der Waals surface area contributed by atoms with Crippen LogP contribution in [0.4, 0.5) is 0 Å². The Balaban J connectivity index is 2.04. The smallest absolute Gasteiger partial charge is 0.178 e. The number of Topliss-reactive ketones (excluding diaryl/α,β-unsaturated/α-hetero) is 2. The summed E-state index contributed by atoms with van der Waals surface area (Å²) in [5, 5.41) is 0. The van der Waals surface area contributed by atoms with E-state index in [2.05, 4.69) is 0 Å². The molecule has 0 aliphatic heterocycles. The summed E-state index contributed by atoms with van der Waals surface area (Å²) in [5.41, 5.74) is 1.95. The van der Waals surface area contributed by atoms with Crippen LogP contribution in [0.5, 0.6) is 0 Å². The van der Waals surface area contributed by atoms with Crippen LogP contribution in [0.1, 0.15) is 46.5 Å². The van der Waals surface area contributed by atoms with E-state index in [1.807, 2.05) is 20.8 Å². The molecule has 0 unspecified atom stereocenters. The van der Waals surface area contributed by atoms with Gasteiger partial charge in [0.05, 0.1) is 10.6 Å². The third-order valence-corrected chi connectivity index (χ3v) is 5.73. The van der Waals surface area contributed by atoms with Crippen molar-refractivity contribution >= 4 is 21.4 Å². The van der Waals surface area contributed by atoms with Crippen LogP contribution in [0.25, 0.3) is 0 Å². The monoisotopic (exact) mass is 358 g/mol. The van der Waals surface area contributed by atoms with E-state index in [0.29, 0.717) is 11.1 Å². The molecule has 2 rings (SSSR count). The molecule has 0 bridgehead atoms. The SMILES string of the molecule is Cc1ccc(S(=O)(=O)CCC(=O)c2ccc(C(=O)C(C)C)cc2)cc1. The van der Waals surface area contributed by atoms with Crippen molar-refractivity contribution < 1.29 is 18.0 Å². The number of hydrogen-bond acceptors (Lipinski definition) is 4. The Morgan fingerprint density at radius 1 is 0.880 bits per heavy atom. The molecule has 0 heterocycles. The lowest BCUT2D eigenvalue weighted by atomic mass is 9.99. The quantitative estimate of drug-likeness (QED) is 0.704. The van der Waals surface area contributed by atoms with E-state index in [4.69, 9.17) is 0 Å². The number of hydrogen-bond donors (Lipinski definition) is 0. The molecule has 0 atom stereocenters. The van der Waals surface area contributed by atoms with Gasteiger partial charge in [-0.1, -0.05) is 55.8 Å². The van der Waals surface area contributed by atoms with Crippen LogP contribution in [-0.2, 0) is 9.84 Å². The van der Waals surface area contributed by atoms with Gasteiger partial charge >= 0.3 is 0 Å². The van der Waals surface area contributed by atoms with E-state index < -0.39 is 9.84 Å². The molecule has 0 saturated heterocycles. The Bertz CT molecular complexity index is 861. The maximum atomic E-state index is 12.3. The highest BCUT2D eigenvalue weighted by molar-refractivity contribution is 7.91. The van der Waals surface area contributed by atoms with Crippen molar-refractivity contribution in [2.75, 3.05) is 5.75 Å². The maximum absolute atomic E-state index is 12.3. The molecule has 0 fully saturated rings. The number of aryl methyl sites for hydroxylation is 1. The van der Waals surface area contributed by atoms with Gasteiger partial charge in [-0.15, -0.1) is 0 Å². The Labute approximate surface area is 148 Å². The van der Waals surface area contributed by atoms with Crippen molar-refractivity contribution in [2.45, 2.75) is 32.1 Å². The summed E-state index contributed by atoms with van der Waals surface area (Å²) in [6.07, 6.45) is -0.0896. The Morgan fingerprint density at radius 2 is 1.40 bits per heavy atom. The molecule has 0 aliphatic carbocycles. The maximum Gasteiger partial charge on any atom is 0.178 e. The van der Waals surface area contributed by atoms with Crippen molar-refractivity contribution in [3.63, 3.8) is 0 Å². The second-order valence-corrected chi connectivity index (χ2v) is 8.51. The van der Waals surface area contributed by atoms with Gasteiger partial charge in [0.2, 0.25) is 0 Å². The number of benzene rings is 2. The summed E-state index contributed by atoms with van der Waals surface area (Å²) in [7, 11) is -3.49. The van der Waals surface area contributed by atoms with Crippen molar-refractivity contribution in [3.8, 4) is 0 Å². The topological polar surface area (TPSA) is 68.3 Å². The van der Waals surface area contributed by atoms with Gasteiger partial charge < -0.3 is 0 Å². The molecule has 132 valence electrons. The van der Waals surface area contributed by atoms with Gasteiger partial charge in [-0.25, -0.2) is 8.42 Å². The minimum Gasteiger partial charge on any atom is -0.294 e. The zero-order chi connectivity index (χ0) is 18.6. The number of carbonyl (C=O) groups is 2. The first-order valence-electron chi connectivity index (χ1n) is 8.17. The van der Waals surface area contributed by atoms with Crippen molar-refractivity contribution in [1.82, 2.24) is 0 Å². The second-order valence-electron chi connectivity index (χ2n) is 6.40. The molecule has 0 N–H and O–H groups in total. The first-order chi connectivity index (χ1) is 11.7. The number of carbonyl (C=O) groups excluding carboxylic acids is 2. The summed E-state index contributed by atoms with van der Waals surface area (Å²) in [4.78, 5) is 24.4. The molecule has 5 heteroatoms. The molecule has 2 aromatic carbocycles. The van der Waals surface area contributed by atoms with Crippen LogP contribution < -0.4 is 0 Å². The van der Waals surface area contributed by atoms with Crippen LogP contribution in [0.3, 0.4) is 0 Å². The van der Waals surface area contributed by atoms with Crippen LogP contribution in [0.2, 0.25) is 0 Å². The van der Waals surface area contributed by atoms with E-state index in [1.165, 1.54) is 0 Å². The van der Waals surface area contributed by atoms with E-state index in [9.17, 15) is 18.0 Å². The van der Waals surface area contributed by atoms with Gasteiger partial charge in [-0.3, -0.25) is 9.59 Å². The van der Waals surface area contributed by atoms with Gasteiger partial charge in [-0.05, 0) is 19.1 Å². The third-order valence-electron chi connectivity index (χ3n) is 3.99. The van der Waals surface area contributed by atoms with Crippen LogP contribution in [0, 0.1) is 12.8 Å². The largest absolute Gasteiger partial charge is 0.294 e. The molecule has 25 heavy (non-hydrogen) atoms. The average molecular weight is 358 g/mol. The Morgan fingerprint density at radius 3 is 1.92 bits per heavy atom. The molecular formula is C20H22O4S. The van der Waals surface area contributed by atoms with E-state index >= 15 is 0 Å². The minimum absolute atomic E-state index is 0.0148. The molecule has 0 aromatic heterocycles. The molecule has 4 nitrogen and oxygen atoms in total. The Hall–Kier alpha value is -2.27. The van der Waals surface area contributed by atoms with Gasteiger partial charge in [0.15, 0.2) is 21.4 Å². The van der Waals surface area contributed by atoms with Gasteiger partial charge in [0, 0.05) is 23.5 Å². The standard InChI is InChI=1S/C20H22O4S/c1-14(2)20(22)17-8-6-16(7-9-17)19(21)12-13-25(23,24)18-10-4-15(3)5-11-18/h4-11,14H,12-13H2,1-3H3. The number of sulfone groups is 1. The molecule has 0 amide bonds. The molecule has 0 aliphatic rings. The van der Waals surface area contributed by atoms with Crippen LogP contribution >= 0.6 is 0 Å². The molecule has 0 saturated carbocycles. The lowest BCUT2D eigenvalue weighted by Gasteiger charge is -2.07.